The highest BCUT2D eigenvalue weighted by Crippen LogP contribution is 2.12. The quantitative estimate of drug-likeness (QED) is 0.842. The molecule has 1 atom stereocenters. The first-order valence-corrected chi connectivity index (χ1v) is 6.64. The maximum Gasteiger partial charge on any atom is 0.155 e. The zero-order valence-corrected chi connectivity index (χ0v) is 10.5. The summed E-state index contributed by atoms with van der Waals surface area (Å²) in [6.45, 7) is 1.61. The van der Waals surface area contributed by atoms with Crippen molar-refractivity contribution in [2.45, 2.75) is 38.3 Å². The Labute approximate surface area is 106 Å². The monoisotopic (exact) mass is 245 g/mol. The van der Waals surface area contributed by atoms with Crippen molar-refractivity contribution in [2.24, 2.45) is 5.73 Å². The van der Waals surface area contributed by atoms with Crippen LogP contribution in [0.5, 0.6) is 0 Å². The molecule has 3 N–H and O–H groups in total. The molecule has 5 nitrogen and oxygen atoms in total. The Morgan fingerprint density at radius 1 is 1.39 bits per heavy atom. The number of rotatable bonds is 3. The van der Waals surface area contributed by atoms with Crippen LogP contribution in [-0.2, 0) is 13.0 Å². The normalized spacial score (nSPS) is 20.4. The maximum absolute atomic E-state index is 5.71. The first-order chi connectivity index (χ1) is 8.86. The topological polar surface area (TPSA) is 68.2 Å². The zero-order valence-electron chi connectivity index (χ0n) is 10.5. The van der Waals surface area contributed by atoms with Crippen LogP contribution < -0.4 is 11.1 Å². The predicted octanol–water partition coefficient (Wildman–Crippen LogP) is 0.873. The summed E-state index contributed by atoms with van der Waals surface area (Å²) in [7, 11) is 0. The van der Waals surface area contributed by atoms with E-state index in [9.17, 15) is 0 Å². The summed E-state index contributed by atoms with van der Waals surface area (Å²) in [4.78, 5) is 4.57. The van der Waals surface area contributed by atoms with Gasteiger partial charge < -0.3 is 11.1 Å². The third-order valence-electron chi connectivity index (χ3n) is 3.53. The number of aromatic nitrogens is 3. The molecule has 18 heavy (non-hydrogen) atoms. The predicted molar refractivity (Wildman–Crippen MR) is 70.2 cm³/mol. The van der Waals surface area contributed by atoms with Crippen molar-refractivity contribution in [1.82, 2.24) is 19.9 Å². The van der Waals surface area contributed by atoms with E-state index in [1.54, 1.807) is 0 Å². The second-order valence-corrected chi connectivity index (χ2v) is 4.87. The van der Waals surface area contributed by atoms with Crippen LogP contribution in [0.4, 0.5) is 0 Å². The van der Waals surface area contributed by atoms with Crippen LogP contribution in [0.25, 0.3) is 5.65 Å². The maximum atomic E-state index is 5.71. The number of piperidine rings is 1. The van der Waals surface area contributed by atoms with Gasteiger partial charge in [0.05, 0.1) is 5.69 Å². The molecule has 0 aliphatic carbocycles. The van der Waals surface area contributed by atoms with E-state index in [1.807, 2.05) is 22.7 Å². The van der Waals surface area contributed by atoms with Gasteiger partial charge in [0.2, 0.25) is 0 Å². The zero-order chi connectivity index (χ0) is 12.4. The number of nitrogens with zero attached hydrogens (tertiary/aromatic N) is 3. The Bertz CT molecular complexity index is 527. The number of nitrogens with one attached hydrogen (secondary N) is 1. The highest BCUT2D eigenvalue weighted by molar-refractivity contribution is 5.38. The minimum absolute atomic E-state index is 0.488. The number of hydrogen-bond donors (Lipinski definition) is 2. The number of fused-ring (bicyclic) bond motifs is 1. The Hall–Kier alpha value is -1.46. The van der Waals surface area contributed by atoms with Gasteiger partial charge in [0.1, 0.15) is 0 Å². The minimum Gasteiger partial charge on any atom is -0.325 e. The summed E-state index contributed by atoms with van der Waals surface area (Å²) in [6.07, 6.45) is 4.72. The fourth-order valence-electron chi connectivity index (χ4n) is 2.56. The van der Waals surface area contributed by atoms with E-state index in [0.29, 0.717) is 12.6 Å². The van der Waals surface area contributed by atoms with Crippen LogP contribution in [0, 0.1) is 0 Å². The van der Waals surface area contributed by atoms with Crippen molar-refractivity contribution >= 4 is 5.65 Å². The summed E-state index contributed by atoms with van der Waals surface area (Å²) >= 11 is 0. The lowest BCUT2D eigenvalue weighted by Crippen LogP contribution is -2.35. The lowest BCUT2D eigenvalue weighted by atomic mass is 10.0. The number of hydrogen-bond acceptors (Lipinski definition) is 4. The summed E-state index contributed by atoms with van der Waals surface area (Å²) in [6, 6.07) is 6.47. The van der Waals surface area contributed by atoms with Gasteiger partial charge in [-0.25, -0.2) is 9.50 Å². The molecule has 0 radical (unpaired) electrons. The van der Waals surface area contributed by atoms with E-state index < -0.39 is 0 Å². The minimum atomic E-state index is 0.488. The molecule has 1 fully saturated rings. The second kappa shape index (κ2) is 5.04. The highest BCUT2D eigenvalue weighted by atomic mass is 15.3. The Balaban J connectivity index is 1.84. The highest BCUT2D eigenvalue weighted by Gasteiger charge is 2.16. The summed E-state index contributed by atoms with van der Waals surface area (Å²) in [5.74, 6) is 0.912. The molecular formula is C13H19N5. The molecule has 2 aromatic rings. The van der Waals surface area contributed by atoms with Gasteiger partial charge in [-0.15, -0.1) is 0 Å². The van der Waals surface area contributed by atoms with Crippen molar-refractivity contribution in [3.63, 3.8) is 0 Å². The first-order valence-electron chi connectivity index (χ1n) is 6.64. The van der Waals surface area contributed by atoms with Crippen LogP contribution >= 0.6 is 0 Å². The summed E-state index contributed by atoms with van der Waals surface area (Å²) < 4.78 is 1.86. The molecule has 1 unspecified atom stereocenters. The first kappa shape index (κ1) is 11.6. The average molecular weight is 245 g/mol. The Morgan fingerprint density at radius 3 is 3.11 bits per heavy atom. The molecule has 96 valence electrons. The van der Waals surface area contributed by atoms with Crippen LogP contribution in [0.15, 0.2) is 18.2 Å². The third-order valence-corrected chi connectivity index (χ3v) is 3.53. The third kappa shape index (κ3) is 2.23. The molecule has 2 aromatic heterocycles. The molecule has 5 heteroatoms. The molecule has 0 bridgehead atoms. The van der Waals surface area contributed by atoms with Gasteiger partial charge in [0.15, 0.2) is 11.5 Å². The van der Waals surface area contributed by atoms with Crippen LogP contribution in [0.3, 0.4) is 0 Å². The Kier molecular flexibility index (Phi) is 3.25. The van der Waals surface area contributed by atoms with Crippen LogP contribution in [0.1, 0.15) is 30.8 Å². The van der Waals surface area contributed by atoms with E-state index >= 15 is 0 Å². The van der Waals surface area contributed by atoms with E-state index in [2.05, 4.69) is 15.4 Å². The van der Waals surface area contributed by atoms with Crippen molar-refractivity contribution < 1.29 is 0 Å². The molecule has 1 saturated heterocycles. The molecule has 0 spiro atoms. The van der Waals surface area contributed by atoms with E-state index in [0.717, 1.165) is 30.1 Å². The lowest BCUT2D eigenvalue weighted by Gasteiger charge is -2.21. The summed E-state index contributed by atoms with van der Waals surface area (Å²) in [5.41, 5.74) is 7.60. The van der Waals surface area contributed by atoms with Crippen LogP contribution in [0.2, 0.25) is 0 Å². The molecule has 0 saturated carbocycles. The number of nitrogens with two attached hydrogens (primary N) is 1. The number of pyridine rings is 1. The van der Waals surface area contributed by atoms with Gasteiger partial charge in [-0.2, -0.15) is 5.10 Å². The fraction of sp³-hybridized carbons (Fsp3) is 0.538. The lowest BCUT2D eigenvalue weighted by molar-refractivity contribution is 0.394. The molecule has 1 aliphatic heterocycles. The van der Waals surface area contributed by atoms with Crippen LogP contribution in [-0.4, -0.2) is 27.2 Å². The molecule has 1 aliphatic rings. The van der Waals surface area contributed by atoms with Gasteiger partial charge in [-0.05, 0) is 31.5 Å². The van der Waals surface area contributed by atoms with E-state index in [1.165, 1.54) is 19.3 Å². The van der Waals surface area contributed by atoms with E-state index in [4.69, 9.17) is 5.73 Å². The summed E-state index contributed by atoms with van der Waals surface area (Å²) in [5, 5.41) is 8.09. The fourth-order valence-corrected chi connectivity index (χ4v) is 2.56. The SMILES string of the molecule is NCc1cccc2nc(CC3CCCCN3)nn12. The van der Waals surface area contributed by atoms with Crippen molar-refractivity contribution in [3.05, 3.63) is 29.7 Å². The molecule has 3 heterocycles. The molecule has 0 amide bonds. The average Bonchev–Trinajstić information content (AvgIpc) is 2.82. The van der Waals surface area contributed by atoms with Gasteiger partial charge in [-0.3, -0.25) is 0 Å². The van der Waals surface area contributed by atoms with Crippen molar-refractivity contribution in [2.75, 3.05) is 6.54 Å². The molecule has 3 rings (SSSR count). The molecule has 0 aromatic carbocycles. The smallest absolute Gasteiger partial charge is 0.155 e. The van der Waals surface area contributed by atoms with Gasteiger partial charge in [0.25, 0.3) is 0 Å². The van der Waals surface area contributed by atoms with Crippen molar-refractivity contribution in [3.8, 4) is 0 Å². The molecular weight excluding hydrogens is 226 g/mol. The van der Waals surface area contributed by atoms with Gasteiger partial charge in [-0.1, -0.05) is 12.5 Å². The Morgan fingerprint density at radius 2 is 2.33 bits per heavy atom. The standard InChI is InChI=1S/C13H19N5/c14-9-11-5-3-6-13-16-12(17-18(11)13)8-10-4-1-2-7-15-10/h3,5-6,10,15H,1-2,4,7-9,14H2. The van der Waals surface area contributed by atoms with Crippen molar-refractivity contribution in [1.29, 1.82) is 0 Å². The van der Waals surface area contributed by atoms with Gasteiger partial charge >= 0.3 is 0 Å². The van der Waals surface area contributed by atoms with Gasteiger partial charge in [0, 0.05) is 19.0 Å². The second-order valence-electron chi connectivity index (χ2n) is 4.87. The largest absolute Gasteiger partial charge is 0.325 e. The van der Waals surface area contributed by atoms with E-state index in [-0.39, 0.29) is 0 Å².